The maximum Gasteiger partial charge on any atom is 0.281 e. The summed E-state index contributed by atoms with van der Waals surface area (Å²) in [6.45, 7) is -0.102. The van der Waals surface area contributed by atoms with Crippen molar-refractivity contribution in [2.45, 2.75) is 12.5 Å². The molecule has 0 spiro atoms. The molecule has 0 radical (unpaired) electrons. The molecule has 3 aromatic rings. The van der Waals surface area contributed by atoms with Crippen LogP contribution in [0.15, 0.2) is 64.4 Å². The van der Waals surface area contributed by atoms with Crippen molar-refractivity contribution in [2.24, 2.45) is 5.10 Å². The van der Waals surface area contributed by atoms with Gasteiger partial charge < -0.3 is 4.74 Å². The first-order valence-electron chi connectivity index (χ1n) is 8.34. The van der Waals surface area contributed by atoms with Gasteiger partial charge in [0.05, 0.1) is 28.3 Å². The summed E-state index contributed by atoms with van der Waals surface area (Å²) >= 11 is 3.25. The van der Waals surface area contributed by atoms with Gasteiger partial charge in [-0.1, -0.05) is 12.1 Å². The molecular weight excluding hydrogens is 378 g/mol. The quantitative estimate of drug-likeness (QED) is 0.644. The first-order valence-corrected chi connectivity index (χ1v) is 10.1. The number of thiophene rings is 2. The van der Waals surface area contributed by atoms with Gasteiger partial charge >= 0.3 is 0 Å². The lowest BCUT2D eigenvalue weighted by Crippen LogP contribution is -2.31. The summed E-state index contributed by atoms with van der Waals surface area (Å²) in [6, 6.07) is 16.7. The highest BCUT2D eigenvalue weighted by Crippen LogP contribution is 2.35. The molecule has 0 fully saturated rings. The molecule has 0 aliphatic carbocycles. The van der Waals surface area contributed by atoms with Crippen LogP contribution in [0.2, 0.25) is 0 Å². The van der Waals surface area contributed by atoms with E-state index in [9.17, 15) is 4.79 Å². The van der Waals surface area contributed by atoms with Crippen molar-refractivity contribution in [1.29, 1.82) is 5.26 Å². The van der Waals surface area contributed by atoms with Gasteiger partial charge in [0.2, 0.25) is 0 Å². The van der Waals surface area contributed by atoms with Gasteiger partial charge in [-0.2, -0.15) is 10.4 Å². The third-order valence-corrected chi connectivity index (χ3v) is 6.08. The number of ether oxygens (including phenoxy) is 1. The van der Waals surface area contributed by atoms with Crippen molar-refractivity contribution in [3.05, 3.63) is 74.6 Å². The summed E-state index contributed by atoms with van der Waals surface area (Å²) in [4.78, 5) is 15.0. The zero-order valence-corrected chi connectivity index (χ0v) is 15.9. The van der Waals surface area contributed by atoms with E-state index in [1.165, 1.54) is 0 Å². The first-order chi connectivity index (χ1) is 13.2. The third kappa shape index (κ3) is 3.77. The van der Waals surface area contributed by atoms with E-state index < -0.39 is 0 Å². The number of amides is 1. The summed E-state index contributed by atoms with van der Waals surface area (Å²) in [5, 5.41) is 19.0. The maximum atomic E-state index is 12.8. The van der Waals surface area contributed by atoms with E-state index in [2.05, 4.69) is 11.2 Å². The second-order valence-corrected chi connectivity index (χ2v) is 7.85. The molecule has 4 rings (SSSR count). The molecule has 1 aliphatic rings. The van der Waals surface area contributed by atoms with E-state index in [0.29, 0.717) is 17.7 Å². The summed E-state index contributed by atoms with van der Waals surface area (Å²) in [5.41, 5.74) is 1.48. The van der Waals surface area contributed by atoms with E-state index in [-0.39, 0.29) is 18.6 Å². The Kier molecular flexibility index (Phi) is 5.01. The number of benzene rings is 1. The number of nitrogens with zero attached hydrogens (tertiary/aromatic N) is 3. The number of rotatable bonds is 5. The van der Waals surface area contributed by atoms with Crippen LogP contribution in [0.5, 0.6) is 5.75 Å². The van der Waals surface area contributed by atoms with Crippen LogP contribution in [-0.2, 0) is 4.79 Å². The molecule has 1 amide bonds. The largest absolute Gasteiger partial charge is 0.484 e. The number of nitriles is 1. The fourth-order valence-corrected chi connectivity index (χ4v) is 4.40. The Morgan fingerprint density at radius 1 is 1.19 bits per heavy atom. The van der Waals surface area contributed by atoms with E-state index in [1.54, 1.807) is 51.9 Å². The van der Waals surface area contributed by atoms with Crippen LogP contribution in [-0.4, -0.2) is 23.2 Å². The molecule has 0 bridgehead atoms. The molecule has 3 heterocycles. The minimum atomic E-state index is -0.190. The summed E-state index contributed by atoms with van der Waals surface area (Å²) in [6.07, 6.45) is 0.698. The molecule has 5 nitrogen and oxygen atoms in total. The SMILES string of the molecule is N#Cc1ccc(OCC(=O)N2N=C(c3cccs3)C[C@H]2c2cccs2)cc1. The Balaban J connectivity index is 1.50. The Morgan fingerprint density at radius 2 is 1.96 bits per heavy atom. The Hall–Kier alpha value is -2.95. The molecule has 2 aromatic heterocycles. The average molecular weight is 393 g/mol. The van der Waals surface area contributed by atoms with Crippen molar-refractivity contribution in [1.82, 2.24) is 5.01 Å². The Labute approximate surface area is 164 Å². The highest BCUT2D eigenvalue weighted by Gasteiger charge is 2.34. The number of carbonyl (C=O) groups is 1. The van der Waals surface area contributed by atoms with Gasteiger partial charge in [0.15, 0.2) is 6.61 Å². The molecule has 1 aliphatic heterocycles. The van der Waals surface area contributed by atoms with Gasteiger partial charge in [0.25, 0.3) is 5.91 Å². The Morgan fingerprint density at radius 3 is 2.63 bits per heavy atom. The molecule has 0 saturated carbocycles. The van der Waals surface area contributed by atoms with Crippen molar-refractivity contribution in [2.75, 3.05) is 6.61 Å². The summed E-state index contributed by atoms with van der Waals surface area (Å²) in [5.74, 6) is 0.362. The summed E-state index contributed by atoms with van der Waals surface area (Å²) in [7, 11) is 0. The van der Waals surface area contributed by atoms with Crippen LogP contribution in [0.1, 0.15) is 27.8 Å². The highest BCUT2D eigenvalue weighted by atomic mass is 32.1. The van der Waals surface area contributed by atoms with Gasteiger partial charge in [0.1, 0.15) is 5.75 Å². The number of hydrogen-bond donors (Lipinski definition) is 0. The molecule has 27 heavy (non-hydrogen) atoms. The van der Waals surface area contributed by atoms with Crippen LogP contribution >= 0.6 is 22.7 Å². The van der Waals surface area contributed by atoms with Crippen LogP contribution in [0, 0.1) is 11.3 Å². The standard InChI is InChI=1S/C20H15N3O2S2/c21-12-14-5-7-15(8-6-14)25-13-20(24)23-17(19-4-2-10-27-19)11-16(22-23)18-3-1-9-26-18/h1-10,17H,11,13H2/t17-/m0/s1. The normalized spacial score (nSPS) is 16.0. The van der Waals surface area contributed by atoms with Crippen LogP contribution < -0.4 is 4.74 Å². The molecule has 0 unspecified atom stereocenters. The monoisotopic (exact) mass is 393 g/mol. The van der Waals surface area contributed by atoms with Crippen molar-refractivity contribution < 1.29 is 9.53 Å². The van der Waals surface area contributed by atoms with Crippen LogP contribution in [0.25, 0.3) is 0 Å². The second-order valence-electron chi connectivity index (χ2n) is 5.92. The maximum absolute atomic E-state index is 12.8. The van der Waals surface area contributed by atoms with Crippen molar-refractivity contribution in [3.63, 3.8) is 0 Å². The fourth-order valence-electron chi connectivity index (χ4n) is 2.87. The molecule has 1 atom stereocenters. The number of hydrazone groups is 1. The molecular formula is C20H15N3O2S2. The van der Waals surface area contributed by atoms with Gasteiger partial charge in [-0.25, -0.2) is 5.01 Å². The zero-order chi connectivity index (χ0) is 18.6. The second kappa shape index (κ2) is 7.74. The van der Waals surface area contributed by atoms with Gasteiger partial charge in [-0.3, -0.25) is 4.79 Å². The predicted octanol–water partition coefficient (Wildman–Crippen LogP) is 4.44. The minimum Gasteiger partial charge on any atom is -0.484 e. The lowest BCUT2D eigenvalue weighted by Gasteiger charge is -2.20. The topological polar surface area (TPSA) is 65.7 Å². The molecule has 7 heteroatoms. The van der Waals surface area contributed by atoms with E-state index >= 15 is 0 Å². The zero-order valence-electron chi connectivity index (χ0n) is 14.2. The number of hydrogen-bond acceptors (Lipinski definition) is 6. The molecule has 134 valence electrons. The van der Waals surface area contributed by atoms with E-state index in [1.807, 2.05) is 35.0 Å². The van der Waals surface area contributed by atoms with Crippen LogP contribution in [0.4, 0.5) is 0 Å². The van der Waals surface area contributed by atoms with Crippen molar-refractivity contribution in [3.8, 4) is 11.8 Å². The third-order valence-electron chi connectivity index (χ3n) is 4.19. The fraction of sp³-hybridized carbons (Fsp3) is 0.150. The lowest BCUT2D eigenvalue weighted by atomic mass is 10.1. The molecule has 1 aromatic carbocycles. The smallest absolute Gasteiger partial charge is 0.281 e. The first kappa shape index (κ1) is 17.5. The van der Waals surface area contributed by atoms with E-state index in [4.69, 9.17) is 10.00 Å². The van der Waals surface area contributed by atoms with Crippen LogP contribution in [0.3, 0.4) is 0 Å². The van der Waals surface area contributed by atoms with E-state index in [0.717, 1.165) is 15.5 Å². The Bertz CT molecular complexity index is 987. The highest BCUT2D eigenvalue weighted by molar-refractivity contribution is 7.12. The molecule has 0 saturated heterocycles. The lowest BCUT2D eigenvalue weighted by molar-refractivity contribution is -0.135. The average Bonchev–Trinajstić information content (AvgIpc) is 3.46. The van der Waals surface area contributed by atoms with Gasteiger partial charge in [-0.15, -0.1) is 22.7 Å². The van der Waals surface area contributed by atoms with Gasteiger partial charge in [0, 0.05) is 11.3 Å². The summed E-state index contributed by atoms with van der Waals surface area (Å²) < 4.78 is 5.61. The molecule has 0 N–H and O–H groups in total. The van der Waals surface area contributed by atoms with Crippen molar-refractivity contribution >= 4 is 34.3 Å². The minimum absolute atomic E-state index is 0.0980. The van der Waals surface area contributed by atoms with Gasteiger partial charge in [-0.05, 0) is 47.2 Å². The number of carbonyl (C=O) groups excluding carboxylic acids is 1. The predicted molar refractivity (Wildman–Crippen MR) is 106 cm³/mol.